The van der Waals surface area contributed by atoms with Gasteiger partial charge < -0.3 is 4.52 Å². The fourth-order valence-electron chi connectivity index (χ4n) is 3.57. The molecule has 1 rings (SSSR count). The highest BCUT2D eigenvalue weighted by molar-refractivity contribution is 7.53. The van der Waals surface area contributed by atoms with Gasteiger partial charge in [-0.1, -0.05) is 41.5 Å². The molecule has 1 fully saturated rings. The highest BCUT2D eigenvalue weighted by Gasteiger charge is 2.45. The summed E-state index contributed by atoms with van der Waals surface area (Å²) in [6.45, 7) is 16.3. The molecule has 0 bridgehead atoms. The molecule has 0 radical (unpaired) electrons. The highest BCUT2D eigenvalue weighted by atomic mass is 31.2. The minimum Gasteiger partial charge on any atom is -0.309 e. The molecule has 0 aromatic rings. The van der Waals surface area contributed by atoms with Crippen LogP contribution in [0.2, 0.25) is 0 Å². The molecule has 0 spiro atoms. The van der Waals surface area contributed by atoms with Crippen LogP contribution in [-0.2, 0) is 9.09 Å². The summed E-state index contributed by atoms with van der Waals surface area (Å²) in [6, 6.07) is 0. The van der Waals surface area contributed by atoms with Gasteiger partial charge in [0.05, 0.1) is 0 Å². The molecule has 19 heavy (non-hydrogen) atoms. The van der Waals surface area contributed by atoms with Gasteiger partial charge in [0.15, 0.2) is 0 Å². The second-order valence-electron chi connectivity index (χ2n) is 7.14. The van der Waals surface area contributed by atoms with Crippen molar-refractivity contribution in [3.8, 4) is 0 Å². The maximum atomic E-state index is 13.3. The van der Waals surface area contributed by atoms with Crippen molar-refractivity contribution in [2.24, 2.45) is 10.8 Å². The minimum atomic E-state index is -2.88. The van der Waals surface area contributed by atoms with Crippen LogP contribution in [0.4, 0.5) is 0 Å². The Balaban J connectivity index is 3.21. The van der Waals surface area contributed by atoms with E-state index in [0.717, 1.165) is 32.6 Å². The van der Waals surface area contributed by atoms with Crippen LogP contribution in [0, 0.1) is 10.8 Å². The third-order valence-electron chi connectivity index (χ3n) is 3.86. The summed E-state index contributed by atoms with van der Waals surface area (Å²) in [4.78, 5) is 0. The standard InChI is InChI=1S/C14H31N2O2P/c1-8-15-11-13(3,4)10-14(5,6)12-16(9-2)19(15,17)18-7/h8-12H2,1-7H3. The van der Waals surface area contributed by atoms with E-state index in [1.807, 2.05) is 9.34 Å². The molecule has 0 aromatic carbocycles. The van der Waals surface area contributed by atoms with E-state index in [1.54, 1.807) is 7.11 Å². The van der Waals surface area contributed by atoms with Gasteiger partial charge in [-0.15, -0.1) is 0 Å². The predicted molar refractivity (Wildman–Crippen MR) is 81.3 cm³/mol. The topological polar surface area (TPSA) is 32.8 Å². The summed E-state index contributed by atoms with van der Waals surface area (Å²) < 4.78 is 22.9. The average molecular weight is 290 g/mol. The van der Waals surface area contributed by atoms with E-state index in [9.17, 15) is 4.57 Å². The first kappa shape index (κ1) is 17.2. The average Bonchev–Trinajstić information content (AvgIpc) is 2.29. The Morgan fingerprint density at radius 2 is 1.37 bits per heavy atom. The zero-order chi connectivity index (χ0) is 14.9. The number of hydrogen-bond acceptors (Lipinski definition) is 2. The zero-order valence-electron chi connectivity index (χ0n) is 13.7. The normalized spacial score (nSPS) is 27.7. The molecule has 0 atom stereocenters. The second kappa shape index (κ2) is 5.85. The van der Waals surface area contributed by atoms with Crippen molar-refractivity contribution < 1.29 is 9.09 Å². The van der Waals surface area contributed by atoms with Crippen molar-refractivity contribution in [1.82, 2.24) is 9.34 Å². The maximum Gasteiger partial charge on any atom is 0.345 e. The van der Waals surface area contributed by atoms with E-state index < -0.39 is 7.67 Å². The van der Waals surface area contributed by atoms with E-state index in [2.05, 4.69) is 41.5 Å². The molecule has 0 amide bonds. The van der Waals surface area contributed by atoms with Crippen molar-refractivity contribution in [2.75, 3.05) is 33.3 Å². The molecule has 1 heterocycles. The first-order valence-electron chi connectivity index (χ1n) is 7.27. The molecule has 1 aliphatic rings. The van der Waals surface area contributed by atoms with Gasteiger partial charge in [-0.05, 0) is 17.3 Å². The number of nitrogens with zero attached hydrogens (tertiary/aromatic N) is 2. The number of rotatable bonds is 3. The first-order valence-corrected chi connectivity index (χ1v) is 8.80. The van der Waals surface area contributed by atoms with E-state index >= 15 is 0 Å². The monoisotopic (exact) mass is 290 g/mol. The summed E-state index contributed by atoms with van der Waals surface area (Å²) >= 11 is 0. The summed E-state index contributed by atoms with van der Waals surface area (Å²) in [6.07, 6.45) is 1.12. The van der Waals surface area contributed by atoms with Crippen LogP contribution in [0.3, 0.4) is 0 Å². The number of hydrogen-bond donors (Lipinski definition) is 0. The molecule has 0 saturated carbocycles. The Kier molecular flexibility index (Phi) is 5.28. The van der Waals surface area contributed by atoms with Gasteiger partial charge in [0.25, 0.3) is 0 Å². The molecule has 5 heteroatoms. The van der Waals surface area contributed by atoms with Gasteiger partial charge >= 0.3 is 7.67 Å². The Bertz CT molecular complexity index is 327. The van der Waals surface area contributed by atoms with Crippen LogP contribution in [0.5, 0.6) is 0 Å². The minimum absolute atomic E-state index is 0.146. The van der Waals surface area contributed by atoms with Gasteiger partial charge in [0.1, 0.15) is 0 Å². The third-order valence-corrected chi connectivity index (χ3v) is 6.61. The van der Waals surface area contributed by atoms with Gasteiger partial charge in [0, 0.05) is 33.3 Å². The van der Waals surface area contributed by atoms with Gasteiger partial charge in [-0.2, -0.15) is 0 Å². The van der Waals surface area contributed by atoms with Crippen molar-refractivity contribution >= 4 is 7.67 Å². The maximum absolute atomic E-state index is 13.3. The summed E-state index contributed by atoms with van der Waals surface area (Å²) in [5.41, 5.74) is 0.293. The fourth-order valence-corrected chi connectivity index (χ4v) is 6.22. The Hall–Kier alpha value is 0.110. The molecule has 0 aliphatic carbocycles. The SMILES string of the molecule is CCN1CC(C)(C)CC(C)(C)CN(CC)P1(=O)OC. The molecule has 0 unspecified atom stereocenters. The van der Waals surface area contributed by atoms with E-state index in [1.165, 1.54) is 0 Å². The van der Waals surface area contributed by atoms with Crippen molar-refractivity contribution in [3.63, 3.8) is 0 Å². The molecule has 1 aliphatic heterocycles. The van der Waals surface area contributed by atoms with E-state index in [0.29, 0.717) is 0 Å². The van der Waals surface area contributed by atoms with Crippen molar-refractivity contribution in [1.29, 1.82) is 0 Å². The van der Waals surface area contributed by atoms with Crippen LogP contribution >= 0.6 is 7.67 Å². The van der Waals surface area contributed by atoms with Crippen molar-refractivity contribution in [3.05, 3.63) is 0 Å². The summed E-state index contributed by atoms with van der Waals surface area (Å²) in [5.74, 6) is 0. The summed E-state index contributed by atoms with van der Waals surface area (Å²) in [7, 11) is -1.30. The Morgan fingerprint density at radius 1 is 1.00 bits per heavy atom. The Labute approximate surface area is 119 Å². The largest absolute Gasteiger partial charge is 0.345 e. The predicted octanol–water partition coefficient (Wildman–Crippen LogP) is 3.84. The molecular weight excluding hydrogens is 259 g/mol. The van der Waals surface area contributed by atoms with Crippen LogP contribution in [0.25, 0.3) is 0 Å². The van der Waals surface area contributed by atoms with Crippen LogP contribution in [0.1, 0.15) is 48.0 Å². The van der Waals surface area contributed by atoms with Crippen LogP contribution < -0.4 is 0 Å². The van der Waals surface area contributed by atoms with Gasteiger partial charge in [-0.25, -0.2) is 9.34 Å². The lowest BCUT2D eigenvalue weighted by molar-refractivity contribution is 0.0946. The molecule has 114 valence electrons. The smallest absolute Gasteiger partial charge is 0.309 e. The van der Waals surface area contributed by atoms with Crippen molar-refractivity contribution in [2.45, 2.75) is 48.0 Å². The van der Waals surface area contributed by atoms with Crippen LogP contribution in [-0.4, -0.2) is 42.6 Å². The lowest BCUT2D eigenvalue weighted by atomic mass is 9.75. The molecule has 4 nitrogen and oxygen atoms in total. The van der Waals surface area contributed by atoms with E-state index in [-0.39, 0.29) is 10.8 Å². The quantitative estimate of drug-likeness (QED) is 0.739. The molecular formula is C14H31N2O2P. The first-order chi connectivity index (χ1) is 8.60. The third kappa shape index (κ3) is 3.81. The lowest BCUT2D eigenvalue weighted by Crippen LogP contribution is -2.46. The van der Waals surface area contributed by atoms with Gasteiger partial charge in [-0.3, -0.25) is 4.57 Å². The summed E-state index contributed by atoms with van der Waals surface area (Å²) in [5, 5.41) is 0. The molecule has 0 aromatic heterocycles. The molecule has 1 saturated heterocycles. The van der Waals surface area contributed by atoms with E-state index in [4.69, 9.17) is 4.52 Å². The van der Waals surface area contributed by atoms with Crippen LogP contribution in [0.15, 0.2) is 0 Å². The lowest BCUT2D eigenvalue weighted by Gasteiger charge is -2.48. The Morgan fingerprint density at radius 3 is 1.63 bits per heavy atom. The second-order valence-corrected chi connectivity index (χ2v) is 9.62. The zero-order valence-corrected chi connectivity index (χ0v) is 14.6. The fraction of sp³-hybridized carbons (Fsp3) is 1.00. The van der Waals surface area contributed by atoms with Gasteiger partial charge in [0.2, 0.25) is 0 Å². The molecule has 0 N–H and O–H groups in total. The highest BCUT2D eigenvalue weighted by Crippen LogP contribution is 2.57.